The molecule has 1 aromatic rings. The number of halogens is 1. The van der Waals surface area contributed by atoms with Gasteiger partial charge in [-0.2, -0.15) is 0 Å². The van der Waals surface area contributed by atoms with Crippen LogP contribution in [0.1, 0.15) is 89.7 Å². The van der Waals surface area contributed by atoms with Gasteiger partial charge in [0.05, 0.1) is 18.3 Å². The number of ether oxygens (including phenoxy) is 2. The van der Waals surface area contributed by atoms with E-state index in [1.165, 1.54) is 9.80 Å². The van der Waals surface area contributed by atoms with Crippen molar-refractivity contribution in [3.63, 3.8) is 0 Å². The average molecular weight is 747 g/mol. The summed E-state index contributed by atoms with van der Waals surface area (Å²) in [4.78, 5) is 71.3. The van der Waals surface area contributed by atoms with Gasteiger partial charge in [-0.05, 0) is 76.5 Å². The molecule has 0 bridgehead atoms. The molecule has 6 rings (SSSR count). The lowest BCUT2D eigenvalue weighted by Gasteiger charge is -2.30. The topological polar surface area (TPSA) is 168 Å². The summed E-state index contributed by atoms with van der Waals surface area (Å²) < 4.78 is 37.1. The molecule has 3 heterocycles. The third-order valence-corrected chi connectivity index (χ3v) is 12.8. The van der Waals surface area contributed by atoms with Gasteiger partial charge in [-0.1, -0.05) is 48.7 Å². The van der Waals surface area contributed by atoms with Crippen molar-refractivity contribution in [2.24, 2.45) is 5.92 Å². The quantitative estimate of drug-likeness (QED) is 0.406. The Balaban J connectivity index is 1.25. The van der Waals surface area contributed by atoms with Crippen LogP contribution in [0.2, 0.25) is 5.02 Å². The number of fused-ring (bicyclic) bond motifs is 3. The minimum Gasteiger partial charge on any atom is -0.444 e. The molecule has 2 N–H and O–H groups in total. The predicted octanol–water partition coefficient (Wildman–Crippen LogP) is 4.20. The molecule has 0 spiro atoms. The number of rotatable bonds is 6. The SMILES string of the molecule is CC(C)(C)OC(=O)N[C@H]1CCCCC/C=C\[C@@H]2C[C@@]2(C(=O)CS(=O)(=O)C2CC2)NC(=O)[C@@H]2C[C@@H](OC(=O)N3Cc4cccc(Cl)c4C3)CN2C1=O. The number of sulfone groups is 1. The number of alkyl carbamates (subject to hydrolysis) is 1. The van der Waals surface area contributed by atoms with Crippen LogP contribution in [0.3, 0.4) is 0 Å². The molecule has 51 heavy (non-hydrogen) atoms. The highest BCUT2D eigenvalue weighted by Crippen LogP contribution is 2.47. The summed E-state index contributed by atoms with van der Waals surface area (Å²) in [5, 5.41) is 5.58. The Bertz CT molecular complexity index is 1720. The fourth-order valence-electron chi connectivity index (χ4n) is 7.27. The number of hydrogen-bond donors (Lipinski definition) is 2. The smallest absolute Gasteiger partial charge is 0.410 e. The first kappa shape index (κ1) is 37.1. The number of carbonyl (C=O) groups excluding carboxylic acids is 5. The van der Waals surface area contributed by atoms with Crippen LogP contribution < -0.4 is 10.6 Å². The minimum atomic E-state index is -3.65. The largest absolute Gasteiger partial charge is 0.444 e. The van der Waals surface area contributed by atoms with E-state index in [-0.39, 0.29) is 32.4 Å². The predicted molar refractivity (Wildman–Crippen MR) is 187 cm³/mol. The number of hydrogen-bond acceptors (Lipinski definition) is 9. The van der Waals surface area contributed by atoms with Gasteiger partial charge in [-0.25, -0.2) is 18.0 Å². The molecule has 0 aromatic heterocycles. The number of amides is 4. The van der Waals surface area contributed by atoms with E-state index in [0.717, 1.165) is 24.0 Å². The second-order valence-electron chi connectivity index (χ2n) is 15.4. The third-order valence-electron chi connectivity index (χ3n) is 10.2. The van der Waals surface area contributed by atoms with E-state index < -0.39 is 85.9 Å². The van der Waals surface area contributed by atoms with E-state index in [1.54, 1.807) is 26.8 Å². The fraction of sp³-hybridized carbons (Fsp3) is 0.639. The maximum atomic E-state index is 14.3. The first-order chi connectivity index (χ1) is 24.1. The van der Waals surface area contributed by atoms with Gasteiger partial charge >= 0.3 is 12.2 Å². The van der Waals surface area contributed by atoms with Crippen LogP contribution in [0, 0.1) is 5.92 Å². The summed E-state index contributed by atoms with van der Waals surface area (Å²) >= 11 is 6.35. The Hall–Kier alpha value is -3.65. The summed E-state index contributed by atoms with van der Waals surface area (Å²) in [5.74, 6) is -2.83. The highest BCUT2D eigenvalue weighted by molar-refractivity contribution is 7.93. The molecule has 2 saturated carbocycles. The lowest BCUT2D eigenvalue weighted by Crippen LogP contribution is -2.57. The van der Waals surface area contributed by atoms with Crippen LogP contribution in [0.25, 0.3) is 0 Å². The zero-order valence-corrected chi connectivity index (χ0v) is 30.9. The van der Waals surface area contributed by atoms with Crippen molar-refractivity contribution in [3.8, 4) is 0 Å². The van der Waals surface area contributed by atoms with Gasteiger partial charge in [0.15, 0.2) is 15.6 Å². The fourth-order valence-corrected chi connectivity index (χ4v) is 9.24. The first-order valence-electron chi connectivity index (χ1n) is 17.8. The number of Topliss-reactive ketones (excluding diaryl/α,β-unsaturated/α-hetero) is 1. The van der Waals surface area contributed by atoms with Crippen molar-refractivity contribution >= 4 is 51.2 Å². The van der Waals surface area contributed by atoms with Crippen molar-refractivity contribution in [3.05, 3.63) is 46.5 Å². The van der Waals surface area contributed by atoms with Crippen LogP contribution in [0.15, 0.2) is 30.4 Å². The van der Waals surface area contributed by atoms with E-state index in [9.17, 15) is 32.4 Å². The molecule has 5 aliphatic rings. The lowest BCUT2D eigenvalue weighted by atomic mass is 10.0. The van der Waals surface area contributed by atoms with Gasteiger partial charge in [-0.3, -0.25) is 19.3 Å². The highest BCUT2D eigenvalue weighted by atomic mass is 35.5. The van der Waals surface area contributed by atoms with Crippen molar-refractivity contribution in [1.82, 2.24) is 20.4 Å². The lowest BCUT2D eigenvalue weighted by molar-refractivity contribution is -0.141. The molecule has 278 valence electrons. The van der Waals surface area contributed by atoms with E-state index in [1.807, 2.05) is 24.3 Å². The van der Waals surface area contributed by atoms with Crippen molar-refractivity contribution in [2.45, 2.75) is 126 Å². The van der Waals surface area contributed by atoms with Crippen molar-refractivity contribution in [1.29, 1.82) is 0 Å². The summed E-state index contributed by atoms with van der Waals surface area (Å²) in [7, 11) is -3.65. The number of nitrogens with one attached hydrogen (secondary N) is 2. The molecule has 0 radical (unpaired) electrons. The molecule has 2 aliphatic carbocycles. The van der Waals surface area contributed by atoms with Crippen molar-refractivity contribution < 1.29 is 41.9 Å². The molecule has 4 amide bonds. The normalized spacial score (nSPS) is 29.0. The zero-order valence-electron chi connectivity index (χ0n) is 29.3. The monoisotopic (exact) mass is 746 g/mol. The minimum absolute atomic E-state index is 0.0604. The Morgan fingerprint density at radius 1 is 1.08 bits per heavy atom. The zero-order chi connectivity index (χ0) is 36.7. The Morgan fingerprint density at radius 2 is 1.84 bits per heavy atom. The molecular weight excluding hydrogens is 700 g/mol. The maximum Gasteiger partial charge on any atom is 0.410 e. The summed E-state index contributed by atoms with van der Waals surface area (Å²) in [6.07, 6.45) is 5.88. The molecule has 15 heteroatoms. The van der Waals surface area contributed by atoms with Crippen LogP contribution in [-0.4, -0.2) is 94.9 Å². The maximum absolute atomic E-state index is 14.3. The van der Waals surface area contributed by atoms with Crippen LogP contribution in [0.5, 0.6) is 0 Å². The molecule has 13 nitrogen and oxygen atoms in total. The molecular formula is C36H47ClN4O9S. The van der Waals surface area contributed by atoms with Crippen LogP contribution >= 0.6 is 11.6 Å². The number of ketones is 1. The second-order valence-corrected chi connectivity index (χ2v) is 18.1. The van der Waals surface area contributed by atoms with Gasteiger partial charge in [0.2, 0.25) is 11.8 Å². The molecule has 3 aliphatic heterocycles. The van der Waals surface area contributed by atoms with Gasteiger partial charge in [0, 0.05) is 23.9 Å². The van der Waals surface area contributed by atoms with E-state index >= 15 is 0 Å². The Morgan fingerprint density at radius 3 is 2.55 bits per heavy atom. The molecule has 0 unspecified atom stereocenters. The number of benzene rings is 1. The van der Waals surface area contributed by atoms with Gasteiger partial charge < -0.3 is 25.0 Å². The first-order valence-corrected chi connectivity index (χ1v) is 19.9. The second kappa shape index (κ2) is 14.4. The Kier molecular flexibility index (Phi) is 10.5. The van der Waals surface area contributed by atoms with E-state index in [0.29, 0.717) is 37.3 Å². The van der Waals surface area contributed by atoms with Gasteiger partial charge in [-0.15, -0.1) is 0 Å². The summed E-state index contributed by atoms with van der Waals surface area (Å²) in [6.45, 7) is 5.55. The summed E-state index contributed by atoms with van der Waals surface area (Å²) in [5.41, 5.74) is -0.514. The average Bonchev–Trinajstić information content (AvgIpc) is 3.93. The van der Waals surface area contributed by atoms with Crippen LogP contribution in [-0.2, 0) is 46.8 Å². The molecule has 3 fully saturated rings. The van der Waals surface area contributed by atoms with E-state index in [4.69, 9.17) is 21.1 Å². The van der Waals surface area contributed by atoms with E-state index in [2.05, 4.69) is 10.6 Å². The van der Waals surface area contributed by atoms with Crippen molar-refractivity contribution in [2.75, 3.05) is 12.3 Å². The molecule has 1 aromatic carbocycles. The molecule has 1 saturated heterocycles. The molecule has 5 atom stereocenters. The number of carbonyl (C=O) groups is 5. The summed E-state index contributed by atoms with van der Waals surface area (Å²) in [6, 6.07) is 3.25. The van der Waals surface area contributed by atoms with Crippen LogP contribution in [0.4, 0.5) is 9.59 Å². The van der Waals surface area contributed by atoms with Gasteiger partial charge in [0.1, 0.15) is 35.1 Å². The number of nitrogens with zero attached hydrogens (tertiary/aromatic N) is 2. The number of allylic oxidation sites excluding steroid dienone is 1. The third kappa shape index (κ3) is 8.54. The standard InChI is InChI=1S/C36H47ClN4O9S/c1-35(2,3)50-33(45)38-28-13-8-6-4-5-7-11-23-17-36(23,30(42)21-51(47,48)25-14-15-25)39-31(43)29-16-24(19-41(29)32(28)44)49-34(46)40-18-22-10-9-12-27(37)26(22)20-40/h7,9-12,23-25,28-29H,4-6,8,13-21H2,1-3H3,(H,38,45)(H,39,43)/b11-7-/t23-,24-,28+,29+,36-/m1/s1. The Labute approximate surface area is 303 Å². The van der Waals surface area contributed by atoms with Gasteiger partial charge in [0.25, 0.3) is 0 Å². The highest BCUT2D eigenvalue weighted by Gasteiger charge is 2.61.